The molecule has 2 aliphatic rings. The van der Waals surface area contributed by atoms with E-state index in [9.17, 15) is 4.79 Å². The van der Waals surface area contributed by atoms with Crippen LogP contribution in [0, 0.1) is 0 Å². The molecule has 1 amide bonds. The van der Waals surface area contributed by atoms with Crippen LogP contribution in [0.4, 0.5) is 4.79 Å². The highest BCUT2D eigenvalue weighted by Gasteiger charge is 2.25. The number of ether oxygens (including phenoxy) is 1. The van der Waals surface area contributed by atoms with Gasteiger partial charge >= 0.3 is 6.09 Å². The van der Waals surface area contributed by atoms with E-state index >= 15 is 0 Å². The summed E-state index contributed by atoms with van der Waals surface area (Å²) in [4.78, 5) is 16.5. The highest BCUT2D eigenvalue weighted by Crippen LogP contribution is 2.21. The Hall–Kier alpha value is -0.520. The molecule has 6 heteroatoms. The summed E-state index contributed by atoms with van der Waals surface area (Å²) in [6, 6.07) is 0. The van der Waals surface area contributed by atoms with Gasteiger partial charge in [-0.1, -0.05) is 19.8 Å². The molecule has 0 aromatic heterocycles. The fraction of sp³-hybridized carbons (Fsp3) is 0.941. The molecule has 1 saturated carbocycles. The van der Waals surface area contributed by atoms with Crippen molar-refractivity contribution in [2.45, 2.75) is 58.0 Å². The molecule has 1 heterocycles. The van der Waals surface area contributed by atoms with Gasteiger partial charge in [0, 0.05) is 39.3 Å². The van der Waals surface area contributed by atoms with Crippen LogP contribution in [-0.2, 0) is 4.74 Å². The minimum Gasteiger partial charge on any atom is -0.446 e. The van der Waals surface area contributed by atoms with Crippen molar-refractivity contribution in [2.75, 3.05) is 45.8 Å². The molecule has 5 nitrogen and oxygen atoms in total. The Morgan fingerprint density at radius 3 is 2.43 bits per heavy atom. The predicted octanol–water partition coefficient (Wildman–Crippen LogP) is 2.88. The fourth-order valence-electron chi connectivity index (χ4n) is 3.22. The lowest BCUT2D eigenvalue weighted by Gasteiger charge is -2.35. The van der Waals surface area contributed by atoms with Gasteiger partial charge in [0.2, 0.25) is 0 Å². The number of hydrogen-bond acceptors (Lipinski definition) is 4. The van der Waals surface area contributed by atoms with Crippen molar-refractivity contribution < 1.29 is 9.53 Å². The van der Waals surface area contributed by atoms with E-state index in [4.69, 9.17) is 4.74 Å². The van der Waals surface area contributed by atoms with Crippen LogP contribution in [0.15, 0.2) is 0 Å². The molecule has 0 atom stereocenters. The van der Waals surface area contributed by atoms with Gasteiger partial charge in [0.15, 0.2) is 0 Å². The Labute approximate surface area is 147 Å². The van der Waals surface area contributed by atoms with E-state index in [1.54, 1.807) is 0 Å². The first-order valence-electron chi connectivity index (χ1n) is 9.18. The van der Waals surface area contributed by atoms with Crippen molar-refractivity contribution in [1.29, 1.82) is 0 Å². The molecule has 2 rings (SSSR count). The van der Waals surface area contributed by atoms with Gasteiger partial charge in [-0.3, -0.25) is 4.90 Å². The number of halogens is 1. The quantitative estimate of drug-likeness (QED) is 0.719. The third-order valence-electron chi connectivity index (χ3n) is 4.76. The SMILES string of the molecule is CCCCNCCN1CCN(C(=O)OC2CCCCC2)CC1.Cl. The Morgan fingerprint density at radius 2 is 1.78 bits per heavy atom. The van der Waals surface area contributed by atoms with Crippen LogP contribution in [0.25, 0.3) is 0 Å². The average Bonchev–Trinajstić information content (AvgIpc) is 2.56. The first-order valence-corrected chi connectivity index (χ1v) is 9.18. The molecule has 0 aromatic rings. The molecule has 136 valence electrons. The summed E-state index contributed by atoms with van der Waals surface area (Å²) in [6.45, 7) is 9.00. The van der Waals surface area contributed by atoms with E-state index in [-0.39, 0.29) is 24.6 Å². The molecular weight excluding hydrogens is 314 g/mol. The van der Waals surface area contributed by atoms with E-state index < -0.39 is 0 Å². The maximum Gasteiger partial charge on any atom is 0.410 e. The summed E-state index contributed by atoms with van der Waals surface area (Å²) < 4.78 is 5.65. The molecule has 1 saturated heterocycles. The number of nitrogens with one attached hydrogen (secondary N) is 1. The Morgan fingerprint density at radius 1 is 1.09 bits per heavy atom. The molecule has 2 fully saturated rings. The standard InChI is InChI=1S/C17H33N3O2.ClH/c1-2-3-9-18-10-11-19-12-14-20(15-13-19)17(21)22-16-7-5-4-6-8-16;/h16,18H,2-15H2,1H3;1H. The second kappa shape index (κ2) is 11.9. The maximum atomic E-state index is 12.2. The lowest BCUT2D eigenvalue weighted by Crippen LogP contribution is -2.50. The van der Waals surface area contributed by atoms with Crippen molar-refractivity contribution in [1.82, 2.24) is 15.1 Å². The zero-order chi connectivity index (χ0) is 15.6. The molecule has 0 bridgehead atoms. The first-order chi connectivity index (χ1) is 10.8. The van der Waals surface area contributed by atoms with Crippen LogP contribution in [0.3, 0.4) is 0 Å². The van der Waals surface area contributed by atoms with Crippen LogP contribution in [0.5, 0.6) is 0 Å². The Balaban J connectivity index is 0.00000264. The number of carbonyl (C=O) groups excluding carboxylic acids is 1. The van der Waals surface area contributed by atoms with Crippen molar-refractivity contribution in [3.05, 3.63) is 0 Å². The predicted molar refractivity (Wildman–Crippen MR) is 96.4 cm³/mol. The monoisotopic (exact) mass is 347 g/mol. The summed E-state index contributed by atoms with van der Waals surface area (Å²) in [5, 5.41) is 3.47. The van der Waals surface area contributed by atoms with Crippen molar-refractivity contribution >= 4 is 18.5 Å². The Kier molecular flexibility index (Phi) is 10.6. The van der Waals surface area contributed by atoms with Crippen molar-refractivity contribution in [2.24, 2.45) is 0 Å². The van der Waals surface area contributed by atoms with E-state index in [0.29, 0.717) is 0 Å². The van der Waals surface area contributed by atoms with Gasteiger partial charge in [0.1, 0.15) is 6.10 Å². The number of rotatable bonds is 7. The summed E-state index contributed by atoms with van der Waals surface area (Å²) in [6.07, 6.45) is 8.38. The van der Waals surface area contributed by atoms with Gasteiger partial charge < -0.3 is 15.0 Å². The van der Waals surface area contributed by atoms with E-state index in [1.807, 2.05) is 4.90 Å². The number of piperazine rings is 1. The highest BCUT2D eigenvalue weighted by atomic mass is 35.5. The lowest BCUT2D eigenvalue weighted by molar-refractivity contribution is 0.0330. The minimum absolute atomic E-state index is 0. The van der Waals surface area contributed by atoms with E-state index in [0.717, 1.165) is 58.7 Å². The first kappa shape index (κ1) is 20.5. The van der Waals surface area contributed by atoms with Gasteiger partial charge in [0.05, 0.1) is 0 Å². The molecule has 1 N–H and O–H groups in total. The van der Waals surface area contributed by atoms with Gasteiger partial charge in [-0.05, 0) is 38.6 Å². The third-order valence-corrected chi connectivity index (χ3v) is 4.76. The Bertz CT molecular complexity index is 317. The lowest BCUT2D eigenvalue weighted by atomic mass is 9.98. The minimum atomic E-state index is -0.0902. The summed E-state index contributed by atoms with van der Waals surface area (Å²) in [5.41, 5.74) is 0. The number of unbranched alkanes of at least 4 members (excludes halogenated alkanes) is 1. The van der Waals surface area contributed by atoms with Gasteiger partial charge in [-0.15, -0.1) is 12.4 Å². The highest BCUT2D eigenvalue weighted by molar-refractivity contribution is 5.85. The number of hydrogen-bond donors (Lipinski definition) is 1. The van der Waals surface area contributed by atoms with Gasteiger partial charge in [-0.25, -0.2) is 4.79 Å². The van der Waals surface area contributed by atoms with Crippen LogP contribution in [0.1, 0.15) is 51.9 Å². The zero-order valence-corrected chi connectivity index (χ0v) is 15.4. The summed E-state index contributed by atoms with van der Waals surface area (Å²) in [5.74, 6) is 0. The van der Waals surface area contributed by atoms with Gasteiger partial charge in [-0.2, -0.15) is 0 Å². The van der Waals surface area contributed by atoms with E-state index in [2.05, 4.69) is 17.1 Å². The largest absolute Gasteiger partial charge is 0.446 e. The summed E-state index contributed by atoms with van der Waals surface area (Å²) in [7, 11) is 0. The molecule has 23 heavy (non-hydrogen) atoms. The topological polar surface area (TPSA) is 44.8 Å². The normalized spacial score (nSPS) is 20.1. The van der Waals surface area contributed by atoms with Crippen molar-refractivity contribution in [3.8, 4) is 0 Å². The third kappa shape index (κ3) is 7.73. The van der Waals surface area contributed by atoms with Crippen LogP contribution in [-0.4, -0.2) is 67.8 Å². The maximum absolute atomic E-state index is 12.2. The zero-order valence-electron chi connectivity index (χ0n) is 14.6. The second-order valence-electron chi connectivity index (χ2n) is 6.58. The van der Waals surface area contributed by atoms with E-state index in [1.165, 1.54) is 32.1 Å². The molecule has 0 aromatic carbocycles. The van der Waals surface area contributed by atoms with Crippen LogP contribution < -0.4 is 5.32 Å². The average molecular weight is 348 g/mol. The second-order valence-corrected chi connectivity index (χ2v) is 6.58. The van der Waals surface area contributed by atoms with Crippen LogP contribution in [0.2, 0.25) is 0 Å². The molecular formula is C17H34ClN3O2. The van der Waals surface area contributed by atoms with Crippen molar-refractivity contribution in [3.63, 3.8) is 0 Å². The molecule has 0 radical (unpaired) electrons. The molecule has 1 aliphatic heterocycles. The molecule has 0 unspecified atom stereocenters. The summed E-state index contributed by atoms with van der Waals surface area (Å²) >= 11 is 0. The van der Waals surface area contributed by atoms with Crippen LogP contribution >= 0.6 is 12.4 Å². The molecule has 0 spiro atoms. The number of carbonyl (C=O) groups is 1. The fourth-order valence-corrected chi connectivity index (χ4v) is 3.22. The number of amides is 1. The number of nitrogens with zero attached hydrogens (tertiary/aromatic N) is 2. The van der Waals surface area contributed by atoms with Gasteiger partial charge in [0.25, 0.3) is 0 Å². The molecule has 1 aliphatic carbocycles. The smallest absolute Gasteiger partial charge is 0.410 e.